The lowest BCUT2D eigenvalue weighted by atomic mass is 10.0. The first-order valence-corrected chi connectivity index (χ1v) is 41.9. The number of unbranched alkanes of at least 4 members (excludes halogenated alkanes) is 40. The number of carbonyl (C=O) groups excluding carboxylic acids is 14. The van der Waals surface area contributed by atoms with E-state index in [0.29, 0.717) is 25.7 Å². The zero-order valence-electron chi connectivity index (χ0n) is 70.0. The van der Waals surface area contributed by atoms with Crippen molar-refractivity contribution in [1.29, 1.82) is 0 Å². The van der Waals surface area contributed by atoms with Crippen molar-refractivity contribution in [3.8, 4) is 0 Å². The Kier molecular flexibility index (Phi) is 63.6. The van der Waals surface area contributed by atoms with E-state index in [9.17, 15) is 77.0 Å². The number of carboxylic acids is 1. The molecule has 0 saturated carbocycles. The highest BCUT2D eigenvalue weighted by molar-refractivity contribution is 5.86. The van der Waals surface area contributed by atoms with Crippen molar-refractivity contribution in [2.45, 2.75) is 407 Å². The van der Waals surface area contributed by atoms with Gasteiger partial charge in [-0.15, -0.1) is 0 Å². The van der Waals surface area contributed by atoms with Crippen LogP contribution in [0.2, 0.25) is 0 Å². The van der Waals surface area contributed by atoms with E-state index in [1.54, 1.807) is 0 Å². The zero-order valence-corrected chi connectivity index (χ0v) is 70.0. The Morgan fingerprint density at radius 1 is 0.248 bits per heavy atom. The van der Waals surface area contributed by atoms with Crippen LogP contribution in [-0.2, 0) is 119 Å². The molecule has 0 aliphatic carbocycles. The van der Waals surface area contributed by atoms with Crippen LogP contribution in [-0.4, -0.2) is 182 Å². The third kappa shape index (κ3) is 61.2. The van der Waals surface area contributed by atoms with Gasteiger partial charge in [-0.2, -0.15) is 0 Å². The van der Waals surface area contributed by atoms with Crippen LogP contribution in [0.15, 0.2) is 0 Å². The molecule has 113 heavy (non-hydrogen) atoms. The number of carboxylic acid groups (broad SMARTS) is 1. The Hall–Kier alpha value is -7.95. The third-order valence-electron chi connectivity index (χ3n) is 18.7. The first kappa shape index (κ1) is 105. The highest BCUT2D eigenvalue weighted by atomic mass is 16.7. The Morgan fingerprint density at radius 3 is 0.699 bits per heavy atom. The maximum absolute atomic E-state index is 13.4. The molecule has 30 heteroatoms. The van der Waals surface area contributed by atoms with E-state index in [1.807, 2.05) is 0 Å². The summed E-state index contributed by atoms with van der Waals surface area (Å²) in [6, 6.07) is -1.17. The monoisotopic (exact) mass is 1610 g/mol. The number of amides is 4. The standard InChI is InChI=1S/C83H142N4O26/c1-60(88)104-58-71(106-62(3)90)75(108-64(5)92)77(110-66(7)94)79(112-68(9)96)81(100)84-55-51-47-43-39-35-31-27-23-19-15-11-13-17-21-25-29-33-37-41-45-49-53-73(98)86-57-70(83(102)103)87-74(99)54-50-46-42-38-34-30-26-22-18-14-12-16-20-24-28-32-36-40-44-48-52-56-85-82(101)80(113-69(10)97)78(111-67(8)95)76(109-65(6)93)72(107-63(4)91)59-105-61(2)89/h70-72,75-80H,11-59H2,1-10H3,(H,84,100)(H,85,101)(H,86,98)(H,87,99)(H,102,103)/t70?,71-,72+,75?,76-,77-,78+,79?,80-/m1/s1. The van der Waals surface area contributed by atoms with Gasteiger partial charge in [0.1, 0.15) is 19.3 Å². The number of esters is 10. The summed E-state index contributed by atoms with van der Waals surface area (Å²) in [5.74, 6) is -12.0. The molecule has 0 heterocycles. The molecule has 30 nitrogen and oxygen atoms in total. The molecule has 3 unspecified atom stereocenters. The van der Waals surface area contributed by atoms with Crippen LogP contribution in [0.1, 0.15) is 352 Å². The molecule has 650 valence electrons. The predicted molar refractivity (Wildman–Crippen MR) is 419 cm³/mol. The highest BCUT2D eigenvalue weighted by Crippen LogP contribution is 2.25. The van der Waals surface area contributed by atoms with E-state index in [4.69, 9.17) is 47.4 Å². The lowest BCUT2D eigenvalue weighted by Crippen LogP contribution is -2.57. The molecule has 0 radical (unpaired) electrons. The number of ether oxygens (including phenoxy) is 10. The van der Waals surface area contributed by atoms with Gasteiger partial charge in [0.05, 0.1) is 0 Å². The fourth-order valence-corrected chi connectivity index (χ4v) is 13.1. The van der Waals surface area contributed by atoms with E-state index in [-0.39, 0.29) is 37.9 Å². The molecule has 5 N–H and O–H groups in total. The second kappa shape index (κ2) is 68.5. The lowest BCUT2D eigenvalue weighted by molar-refractivity contribution is -0.203. The quantitative estimate of drug-likeness (QED) is 0.0214. The molecule has 0 spiro atoms. The van der Waals surface area contributed by atoms with E-state index >= 15 is 0 Å². The number of nitrogens with one attached hydrogen (secondary N) is 4. The van der Waals surface area contributed by atoms with Crippen molar-refractivity contribution in [2.24, 2.45) is 0 Å². The molecule has 9 atom stereocenters. The topological polar surface area (TPSA) is 417 Å². The molecular weight excluding hydrogens is 1470 g/mol. The van der Waals surface area contributed by atoms with Crippen LogP contribution in [0, 0.1) is 0 Å². The molecule has 0 fully saturated rings. The summed E-state index contributed by atoms with van der Waals surface area (Å²) in [4.78, 5) is 184. The smallest absolute Gasteiger partial charge is 0.328 e. The highest BCUT2D eigenvalue weighted by Gasteiger charge is 2.48. The van der Waals surface area contributed by atoms with Crippen LogP contribution in [0.25, 0.3) is 0 Å². The molecule has 0 aliphatic heterocycles. The summed E-state index contributed by atoms with van der Waals surface area (Å²) in [6.45, 7) is 9.63. The van der Waals surface area contributed by atoms with Crippen molar-refractivity contribution in [3.63, 3.8) is 0 Å². The van der Waals surface area contributed by atoms with Crippen molar-refractivity contribution < 1.29 is 124 Å². The SMILES string of the molecule is CC(=O)OC[C@H](OC(C)=O)[C@@H](OC(C)=O)[C@H](OC(C)=O)[C@@H](OC(C)=O)C(=O)NCCCCCCCCCCCCCCCCCCCCCCCC(=O)NC(CNC(=O)CCCCCCCCCCCCCCCCCCCCCCCNC(=O)C(OC(C)=O)[C@H](OC(C)=O)C(OC(C)=O)[C@@H](COC(C)=O)OC(C)=O)C(=O)O. The third-order valence-corrected chi connectivity index (χ3v) is 18.7. The minimum atomic E-state index is -1.81. The average Bonchev–Trinajstić information content (AvgIpc) is 0.825. The number of hydrogen-bond acceptors (Lipinski definition) is 25. The molecule has 4 amide bonds. The van der Waals surface area contributed by atoms with Crippen LogP contribution in [0.3, 0.4) is 0 Å². The predicted octanol–water partition coefficient (Wildman–Crippen LogP) is 12.6. The van der Waals surface area contributed by atoms with Gasteiger partial charge < -0.3 is 73.7 Å². The Bertz CT molecular complexity index is 2750. The van der Waals surface area contributed by atoms with Crippen molar-refractivity contribution >= 4 is 89.3 Å². The van der Waals surface area contributed by atoms with Crippen molar-refractivity contribution in [1.82, 2.24) is 21.3 Å². The van der Waals surface area contributed by atoms with E-state index in [0.717, 1.165) is 178 Å². The van der Waals surface area contributed by atoms with Gasteiger partial charge in [-0.1, -0.05) is 244 Å². The van der Waals surface area contributed by atoms with Gasteiger partial charge in [-0.05, 0) is 25.7 Å². The Balaban J connectivity index is 4.04. The van der Waals surface area contributed by atoms with Crippen molar-refractivity contribution in [3.05, 3.63) is 0 Å². The maximum Gasteiger partial charge on any atom is 0.328 e. The van der Waals surface area contributed by atoms with Gasteiger partial charge in [0.25, 0.3) is 11.8 Å². The maximum atomic E-state index is 13.4. The zero-order chi connectivity index (χ0) is 84.4. The Labute approximate surface area is 671 Å². The lowest BCUT2D eigenvalue weighted by Gasteiger charge is -2.34. The number of rotatable bonds is 72. The second-order valence-electron chi connectivity index (χ2n) is 29.5. The number of aliphatic carboxylic acids is 1. The number of hydrogen-bond donors (Lipinski definition) is 5. The molecule has 0 aromatic rings. The summed E-state index contributed by atoms with van der Waals surface area (Å²) in [5, 5.41) is 20.4. The van der Waals surface area contributed by atoms with E-state index in [1.165, 1.54) is 141 Å². The minimum absolute atomic E-state index is 0.141. The Morgan fingerprint density at radius 2 is 0.469 bits per heavy atom. The normalized spacial score (nSPS) is 13.4. The molecule has 0 aromatic carbocycles. The van der Waals surface area contributed by atoms with Gasteiger partial charge in [-0.25, -0.2) is 4.79 Å². The van der Waals surface area contributed by atoms with Gasteiger partial charge in [-0.3, -0.25) is 67.1 Å². The van der Waals surface area contributed by atoms with Gasteiger partial charge in [0.15, 0.2) is 36.6 Å². The summed E-state index contributed by atoms with van der Waals surface area (Å²) in [6.07, 6.45) is 33.2. The average molecular weight is 1610 g/mol. The molecule has 0 saturated heterocycles. The van der Waals surface area contributed by atoms with Gasteiger partial charge in [0.2, 0.25) is 24.0 Å². The fourth-order valence-electron chi connectivity index (χ4n) is 13.1. The molecule has 0 aliphatic rings. The summed E-state index contributed by atoms with van der Waals surface area (Å²) in [7, 11) is 0. The van der Waals surface area contributed by atoms with Crippen LogP contribution in [0.4, 0.5) is 0 Å². The summed E-state index contributed by atoms with van der Waals surface area (Å²) >= 11 is 0. The van der Waals surface area contributed by atoms with Crippen LogP contribution in [0.5, 0.6) is 0 Å². The first-order chi connectivity index (χ1) is 53.9. The summed E-state index contributed by atoms with van der Waals surface area (Å²) in [5.41, 5.74) is 0. The molecule has 0 aromatic heterocycles. The van der Waals surface area contributed by atoms with Gasteiger partial charge >= 0.3 is 65.7 Å². The van der Waals surface area contributed by atoms with E-state index < -0.39 is 146 Å². The first-order valence-electron chi connectivity index (χ1n) is 41.9. The molecular formula is C83H142N4O26. The van der Waals surface area contributed by atoms with Gasteiger partial charge in [0, 0.05) is 102 Å². The second-order valence-corrected chi connectivity index (χ2v) is 29.5. The number of carbonyl (C=O) groups is 15. The van der Waals surface area contributed by atoms with E-state index in [2.05, 4.69) is 21.3 Å². The largest absolute Gasteiger partial charge is 0.480 e. The summed E-state index contributed by atoms with van der Waals surface area (Å²) < 4.78 is 52.4. The van der Waals surface area contributed by atoms with Crippen LogP contribution < -0.4 is 21.3 Å². The minimum Gasteiger partial charge on any atom is -0.480 e. The van der Waals surface area contributed by atoms with Crippen molar-refractivity contribution in [2.75, 3.05) is 32.8 Å². The van der Waals surface area contributed by atoms with Crippen LogP contribution >= 0.6 is 0 Å². The molecule has 0 bridgehead atoms. The molecule has 0 rings (SSSR count). The fraction of sp³-hybridized carbons (Fsp3) is 0.819.